The van der Waals surface area contributed by atoms with Crippen molar-refractivity contribution < 1.29 is 18.7 Å². The molecule has 1 aliphatic carbocycles. The van der Waals surface area contributed by atoms with Crippen molar-refractivity contribution in [1.82, 2.24) is 25.1 Å². The van der Waals surface area contributed by atoms with Crippen molar-refractivity contribution in [3.05, 3.63) is 72.3 Å². The van der Waals surface area contributed by atoms with Gasteiger partial charge in [-0.2, -0.15) is 5.10 Å². The van der Waals surface area contributed by atoms with Crippen LogP contribution >= 0.6 is 0 Å². The lowest BCUT2D eigenvalue weighted by atomic mass is 9.86. The lowest BCUT2D eigenvalue weighted by Crippen LogP contribution is -2.31. The predicted octanol–water partition coefficient (Wildman–Crippen LogP) is 4.64. The fourth-order valence-corrected chi connectivity index (χ4v) is 4.48. The van der Waals surface area contributed by atoms with Crippen LogP contribution in [0.4, 0.5) is 8.78 Å². The minimum Gasteiger partial charge on any atom is -0.503 e. The van der Waals surface area contributed by atoms with Crippen molar-refractivity contribution in [2.45, 2.75) is 31.7 Å². The number of hydrogen-bond acceptors (Lipinski definition) is 5. The Bertz CT molecular complexity index is 1310. The number of hydrogen-bond donors (Lipinski definition) is 2. The summed E-state index contributed by atoms with van der Waals surface area (Å²) in [4.78, 5) is 20.7. The van der Waals surface area contributed by atoms with Crippen LogP contribution in [0, 0.1) is 17.6 Å². The highest BCUT2D eigenvalue weighted by atomic mass is 19.1. The first-order valence-corrected chi connectivity index (χ1v) is 11.2. The van der Waals surface area contributed by atoms with E-state index in [4.69, 9.17) is 5.10 Å². The van der Waals surface area contributed by atoms with Gasteiger partial charge in [0.1, 0.15) is 0 Å². The highest BCUT2D eigenvalue weighted by Crippen LogP contribution is 2.33. The molecule has 34 heavy (non-hydrogen) atoms. The van der Waals surface area contributed by atoms with Crippen LogP contribution in [0.5, 0.6) is 5.75 Å². The average molecular weight is 463 g/mol. The van der Waals surface area contributed by atoms with E-state index in [-0.39, 0.29) is 17.5 Å². The topological polar surface area (TPSA) is 92.9 Å². The Kier molecular flexibility index (Phi) is 5.91. The van der Waals surface area contributed by atoms with Crippen LogP contribution in [0.1, 0.15) is 42.1 Å². The van der Waals surface area contributed by atoms with Crippen molar-refractivity contribution in [1.29, 1.82) is 0 Å². The molecular weight excluding hydrogens is 440 g/mol. The molecule has 7 nitrogen and oxygen atoms in total. The number of rotatable bonds is 5. The van der Waals surface area contributed by atoms with E-state index < -0.39 is 23.3 Å². The number of aromatic hydroxyl groups is 1. The van der Waals surface area contributed by atoms with Gasteiger partial charge >= 0.3 is 0 Å². The van der Waals surface area contributed by atoms with E-state index in [0.717, 1.165) is 60.0 Å². The number of phenols is 1. The Labute approximate surface area is 194 Å². The second-order valence-electron chi connectivity index (χ2n) is 8.65. The first-order valence-electron chi connectivity index (χ1n) is 11.2. The normalized spacial score (nSPS) is 18.2. The molecule has 2 N–H and O–H groups in total. The maximum absolute atomic E-state index is 13.5. The third-order valence-electron chi connectivity index (χ3n) is 6.40. The Morgan fingerprint density at radius 1 is 1.09 bits per heavy atom. The van der Waals surface area contributed by atoms with E-state index in [0.29, 0.717) is 6.54 Å². The van der Waals surface area contributed by atoms with Gasteiger partial charge in [-0.3, -0.25) is 19.4 Å². The average Bonchev–Trinajstić information content (AvgIpc) is 3.30. The maximum Gasteiger partial charge on any atom is 0.251 e. The summed E-state index contributed by atoms with van der Waals surface area (Å²) in [6.45, 7) is 0.429. The van der Waals surface area contributed by atoms with Crippen molar-refractivity contribution in [3.63, 3.8) is 0 Å². The third kappa shape index (κ3) is 4.46. The van der Waals surface area contributed by atoms with Gasteiger partial charge in [-0.15, -0.1) is 0 Å². The zero-order chi connectivity index (χ0) is 23.7. The van der Waals surface area contributed by atoms with Crippen LogP contribution in [0.3, 0.4) is 0 Å². The zero-order valence-electron chi connectivity index (χ0n) is 18.3. The molecule has 0 radical (unpaired) electrons. The molecule has 2 aromatic heterocycles. The molecule has 1 aliphatic rings. The van der Waals surface area contributed by atoms with E-state index >= 15 is 0 Å². The summed E-state index contributed by atoms with van der Waals surface area (Å²) in [5.74, 6) is -3.66. The summed E-state index contributed by atoms with van der Waals surface area (Å²) in [7, 11) is 0. The number of nitrogens with one attached hydrogen (secondary N) is 1. The molecule has 2 aromatic carbocycles. The maximum atomic E-state index is 13.5. The molecule has 0 bridgehead atoms. The van der Waals surface area contributed by atoms with Gasteiger partial charge in [-0.1, -0.05) is 12.1 Å². The number of carbonyl (C=O) groups is 1. The molecule has 174 valence electrons. The monoisotopic (exact) mass is 463 g/mol. The lowest BCUT2D eigenvalue weighted by molar-refractivity contribution is 0.0940. The van der Waals surface area contributed by atoms with Gasteiger partial charge in [0.15, 0.2) is 17.4 Å². The molecule has 0 saturated heterocycles. The van der Waals surface area contributed by atoms with Crippen LogP contribution in [0.15, 0.2) is 55.1 Å². The minimum atomic E-state index is -1.15. The van der Waals surface area contributed by atoms with Crippen LogP contribution in [-0.2, 0) is 0 Å². The van der Waals surface area contributed by atoms with Crippen LogP contribution in [0.2, 0.25) is 0 Å². The summed E-state index contributed by atoms with van der Waals surface area (Å²) >= 11 is 0. The second-order valence-corrected chi connectivity index (χ2v) is 8.65. The van der Waals surface area contributed by atoms with Crippen molar-refractivity contribution in [3.8, 4) is 17.0 Å². The van der Waals surface area contributed by atoms with E-state index in [1.807, 2.05) is 22.9 Å². The van der Waals surface area contributed by atoms with Crippen LogP contribution in [0.25, 0.3) is 22.2 Å². The smallest absolute Gasteiger partial charge is 0.251 e. The summed E-state index contributed by atoms with van der Waals surface area (Å²) in [5.41, 5.74) is 2.54. The van der Waals surface area contributed by atoms with Gasteiger partial charge in [0, 0.05) is 41.6 Å². The zero-order valence-corrected chi connectivity index (χ0v) is 18.3. The molecular formula is C25H23F2N5O2. The first kappa shape index (κ1) is 21.9. The SMILES string of the molecule is O=C(NC[C@H]1CC[C@H](n2cc3ccc(-c4cnccn4)cc3n2)CC1)c1cc(F)c(O)c(F)c1. The largest absolute Gasteiger partial charge is 0.503 e. The molecule has 0 unspecified atom stereocenters. The van der Waals surface area contributed by atoms with Gasteiger partial charge < -0.3 is 10.4 Å². The van der Waals surface area contributed by atoms with Crippen molar-refractivity contribution in [2.75, 3.05) is 6.54 Å². The first-order chi connectivity index (χ1) is 16.5. The lowest BCUT2D eigenvalue weighted by Gasteiger charge is -2.28. The number of fused-ring (bicyclic) bond motifs is 1. The van der Waals surface area contributed by atoms with Crippen LogP contribution < -0.4 is 5.32 Å². The number of benzene rings is 2. The number of amides is 1. The highest BCUT2D eigenvalue weighted by molar-refractivity contribution is 5.94. The summed E-state index contributed by atoms with van der Waals surface area (Å²) < 4.78 is 29.0. The Hall–Kier alpha value is -3.88. The Morgan fingerprint density at radius 2 is 1.85 bits per heavy atom. The predicted molar refractivity (Wildman–Crippen MR) is 122 cm³/mol. The van der Waals surface area contributed by atoms with E-state index in [1.54, 1.807) is 18.6 Å². The van der Waals surface area contributed by atoms with Gasteiger partial charge in [-0.25, -0.2) is 8.78 Å². The van der Waals surface area contributed by atoms with Gasteiger partial charge in [0.05, 0.1) is 23.4 Å². The summed E-state index contributed by atoms with van der Waals surface area (Å²) in [5, 5.41) is 17.8. The fourth-order valence-electron chi connectivity index (χ4n) is 4.48. The van der Waals surface area contributed by atoms with E-state index in [1.165, 1.54) is 0 Å². The fraction of sp³-hybridized carbons (Fsp3) is 0.280. The van der Waals surface area contributed by atoms with E-state index in [2.05, 4.69) is 21.5 Å². The van der Waals surface area contributed by atoms with Crippen LogP contribution in [-0.4, -0.2) is 37.3 Å². The van der Waals surface area contributed by atoms with Gasteiger partial charge in [0.25, 0.3) is 5.91 Å². The molecule has 0 aliphatic heterocycles. The summed E-state index contributed by atoms with van der Waals surface area (Å²) in [6, 6.07) is 8.03. The molecule has 0 spiro atoms. The van der Waals surface area contributed by atoms with Gasteiger partial charge in [0.2, 0.25) is 0 Å². The number of aromatic nitrogens is 4. The number of nitrogens with zero attached hydrogens (tertiary/aromatic N) is 4. The molecule has 1 fully saturated rings. The molecule has 1 saturated carbocycles. The third-order valence-corrected chi connectivity index (χ3v) is 6.40. The Balaban J connectivity index is 1.18. The molecule has 0 atom stereocenters. The van der Waals surface area contributed by atoms with Crippen molar-refractivity contribution in [2.24, 2.45) is 5.92 Å². The van der Waals surface area contributed by atoms with Gasteiger partial charge in [-0.05, 0) is 49.8 Å². The highest BCUT2D eigenvalue weighted by Gasteiger charge is 2.24. The molecule has 5 rings (SSSR count). The Morgan fingerprint density at radius 3 is 2.56 bits per heavy atom. The van der Waals surface area contributed by atoms with Crippen molar-refractivity contribution >= 4 is 16.8 Å². The molecule has 4 aromatic rings. The number of phenolic OH excluding ortho intramolecular Hbond substituents is 1. The summed E-state index contributed by atoms with van der Waals surface area (Å²) in [6.07, 6.45) is 10.8. The van der Waals surface area contributed by atoms with E-state index in [9.17, 15) is 18.7 Å². The number of carbonyl (C=O) groups excluding carboxylic acids is 1. The molecule has 2 heterocycles. The minimum absolute atomic E-state index is 0.148. The molecule has 9 heteroatoms. The number of halogens is 2. The molecule has 1 amide bonds. The standard InChI is InChI=1S/C25H23F2N5O2/c26-20-9-18(10-21(27)24(20)33)25(34)30-12-15-1-5-19(6-2-15)32-14-17-4-3-16(11-22(17)31-32)23-13-28-7-8-29-23/h3-4,7-11,13-15,19,33H,1-2,5-6,12H2,(H,30,34)/t15-,19-. The quantitative estimate of drug-likeness (QED) is 0.450. The second kappa shape index (κ2) is 9.17.